The molecule has 3 rings (SSSR count). The van der Waals surface area contributed by atoms with Crippen LogP contribution in [0, 0.1) is 0 Å². The average Bonchev–Trinajstić information content (AvgIpc) is 2.96. The Morgan fingerprint density at radius 1 is 0.824 bits per heavy atom. The van der Waals surface area contributed by atoms with Crippen LogP contribution in [0.4, 0.5) is 0 Å². The van der Waals surface area contributed by atoms with E-state index in [0.717, 1.165) is 31.9 Å². The van der Waals surface area contributed by atoms with Gasteiger partial charge in [-0.1, -0.05) is 30.3 Å². The first-order chi connectivity index (χ1) is 8.47. The molecule has 2 aromatic rings. The van der Waals surface area contributed by atoms with Crippen molar-refractivity contribution in [2.45, 2.75) is 0 Å². The second-order valence-corrected chi connectivity index (χ2v) is 3.84. The molecule has 1 aromatic carbocycles. The third-order valence-corrected chi connectivity index (χ3v) is 2.54. The van der Waals surface area contributed by atoms with E-state index in [4.69, 9.17) is 0 Å². The molecule has 2 heterocycles. The summed E-state index contributed by atoms with van der Waals surface area (Å²) in [7, 11) is 0. The molecule has 0 unspecified atom stereocenters. The molecule has 1 fully saturated rings. The van der Waals surface area contributed by atoms with Gasteiger partial charge in [-0.3, -0.25) is 5.10 Å². The van der Waals surface area contributed by atoms with E-state index in [1.54, 1.807) is 6.20 Å². The molecular formula is C13H18N4. The van der Waals surface area contributed by atoms with Crippen LogP contribution in [0.3, 0.4) is 0 Å². The third-order valence-electron chi connectivity index (χ3n) is 2.54. The summed E-state index contributed by atoms with van der Waals surface area (Å²) in [5, 5.41) is 13.2. The Hall–Kier alpha value is -1.65. The third kappa shape index (κ3) is 4.01. The van der Waals surface area contributed by atoms with Gasteiger partial charge in [0.1, 0.15) is 0 Å². The van der Waals surface area contributed by atoms with E-state index in [9.17, 15) is 0 Å². The van der Waals surface area contributed by atoms with Gasteiger partial charge in [-0.2, -0.15) is 5.10 Å². The van der Waals surface area contributed by atoms with Gasteiger partial charge in [-0.05, 0) is 11.6 Å². The van der Waals surface area contributed by atoms with Gasteiger partial charge >= 0.3 is 0 Å². The Morgan fingerprint density at radius 3 is 1.94 bits per heavy atom. The van der Waals surface area contributed by atoms with Crippen molar-refractivity contribution in [3.63, 3.8) is 0 Å². The Bertz CT molecular complexity index is 381. The molecule has 1 aliphatic heterocycles. The van der Waals surface area contributed by atoms with E-state index < -0.39 is 0 Å². The molecule has 0 amide bonds. The first-order valence-corrected chi connectivity index (χ1v) is 5.93. The second kappa shape index (κ2) is 6.83. The molecule has 90 valence electrons. The molecule has 0 atom stereocenters. The summed E-state index contributed by atoms with van der Waals surface area (Å²) in [4.78, 5) is 0. The summed E-state index contributed by atoms with van der Waals surface area (Å²) < 4.78 is 0. The topological polar surface area (TPSA) is 52.7 Å². The number of nitrogens with one attached hydrogen (secondary N) is 3. The maximum atomic E-state index is 3.87. The molecule has 0 saturated carbocycles. The smallest absolute Gasteiger partial charge is 0.0650 e. The largest absolute Gasteiger partial charge is 0.314 e. The summed E-state index contributed by atoms with van der Waals surface area (Å²) in [5.74, 6) is 0. The normalized spacial score (nSPS) is 14.8. The van der Waals surface area contributed by atoms with Gasteiger partial charge in [0.05, 0.1) is 5.69 Å². The van der Waals surface area contributed by atoms with Crippen molar-refractivity contribution in [2.24, 2.45) is 0 Å². The maximum absolute atomic E-state index is 3.87. The lowest BCUT2D eigenvalue weighted by Gasteiger charge is -2.11. The molecule has 4 nitrogen and oxygen atoms in total. The van der Waals surface area contributed by atoms with Gasteiger partial charge in [0.2, 0.25) is 0 Å². The highest BCUT2D eigenvalue weighted by Crippen LogP contribution is 2.13. The van der Waals surface area contributed by atoms with E-state index in [-0.39, 0.29) is 0 Å². The number of nitrogens with zero attached hydrogens (tertiary/aromatic N) is 1. The number of aromatic amines is 1. The minimum absolute atomic E-state index is 1.06. The number of aromatic nitrogens is 2. The van der Waals surface area contributed by atoms with Crippen LogP contribution >= 0.6 is 0 Å². The maximum Gasteiger partial charge on any atom is 0.0650 e. The fourth-order valence-electron chi connectivity index (χ4n) is 1.64. The molecule has 0 aliphatic carbocycles. The molecule has 0 spiro atoms. The lowest BCUT2D eigenvalue weighted by molar-refractivity contribution is 0.534. The monoisotopic (exact) mass is 230 g/mol. The highest BCUT2D eigenvalue weighted by Gasteiger charge is 1.94. The predicted octanol–water partition coefficient (Wildman–Crippen LogP) is 1.26. The minimum Gasteiger partial charge on any atom is -0.314 e. The zero-order valence-corrected chi connectivity index (χ0v) is 9.82. The highest BCUT2D eigenvalue weighted by molar-refractivity contribution is 5.57. The summed E-state index contributed by atoms with van der Waals surface area (Å²) in [6.07, 6.45) is 1.75. The first-order valence-electron chi connectivity index (χ1n) is 5.93. The van der Waals surface area contributed by atoms with Crippen LogP contribution in [0.5, 0.6) is 0 Å². The zero-order chi connectivity index (χ0) is 11.8. The number of piperazine rings is 1. The lowest BCUT2D eigenvalue weighted by Crippen LogP contribution is -2.39. The van der Waals surface area contributed by atoms with Crippen LogP contribution in [0.25, 0.3) is 11.3 Å². The van der Waals surface area contributed by atoms with E-state index in [1.165, 1.54) is 5.56 Å². The second-order valence-electron chi connectivity index (χ2n) is 3.84. The van der Waals surface area contributed by atoms with Crippen LogP contribution in [-0.4, -0.2) is 36.4 Å². The quantitative estimate of drug-likeness (QED) is 0.691. The fraction of sp³-hybridized carbons (Fsp3) is 0.308. The van der Waals surface area contributed by atoms with Crippen LogP contribution in [0.15, 0.2) is 42.6 Å². The van der Waals surface area contributed by atoms with E-state index in [2.05, 4.69) is 20.8 Å². The van der Waals surface area contributed by atoms with Crippen molar-refractivity contribution in [3.8, 4) is 11.3 Å². The Morgan fingerprint density at radius 2 is 1.47 bits per heavy atom. The lowest BCUT2D eigenvalue weighted by atomic mass is 10.2. The van der Waals surface area contributed by atoms with Crippen molar-refractivity contribution in [1.29, 1.82) is 0 Å². The molecule has 0 radical (unpaired) electrons. The number of hydrogen-bond donors (Lipinski definition) is 3. The summed E-state index contributed by atoms with van der Waals surface area (Å²) in [6, 6.07) is 12.1. The highest BCUT2D eigenvalue weighted by atomic mass is 15.1. The molecule has 17 heavy (non-hydrogen) atoms. The molecule has 1 aliphatic rings. The van der Waals surface area contributed by atoms with Gasteiger partial charge < -0.3 is 10.6 Å². The SMILES string of the molecule is C1CNCCN1.c1ccc(-c2ccn[nH]2)cc1. The van der Waals surface area contributed by atoms with Gasteiger partial charge in [-0.15, -0.1) is 0 Å². The van der Waals surface area contributed by atoms with Gasteiger partial charge in [0.15, 0.2) is 0 Å². The summed E-state index contributed by atoms with van der Waals surface area (Å²) >= 11 is 0. The number of hydrogen-bond acceptors (Lipinski definition) is 3. The van der Waals surface area contributed by atoms with Crippen molar-refractivity contribution >= 4 is 0 Å². The standard InChI is InChI=1S/C9H8N2.C4H10N2/c1-2-4-8(5-3-1)9-6-7-10-11-9;1-2-6-4-3-5-1/h1-7H,(H,10,11);5-6H,1-4H2. The van der Waals surface area contributed by atoms with Crippen molar-refractivity contribution < 1.29 is 0 Å². The van der Waals surface area contributed by atoms with Crippen molar-refractivity contribution in [2.75, 3.05) is 26.2 Å². The van der Waals surface area contributed by atoms with E-state index in [1.807, 2.05) is 36.4 Å². The molecular weight excluding hydrogens is 212 g/mol. The molecule has 1 aromatic heterocycles. The minimum atomic E-state index is 1.06. The van der Waals surface area contributed by atoms with Crippen molar-refractivity contribution in [3.05, 3.63) is 42.6 Å². The zero-order valence-electron chi connectivity index (χ0n) is 9.82. The van der Waals surface area contributed by atoms with Gasteiger partial charge in [0.25, 0.3) is 0 Å². The number of rotatable bonds is 1. The fourth-order valence-corrected chi connectivity index (χ4v) is 1.64. The Kier molecular flexibility index (Phi) is 4.75. The van der Waals surface area contributed by atoms with Gasteiger partial charge in [-0.25, -0.2) is 0 Å². The average molecular weight is 230 g/mol. The first kappa shape index (κ1) is 11.8. The molecule has 0 bridgehead atoms. The van der Waals surface area contributed by atoms with Crippen LogP contribution in [-0.2, 0) is 0 Å². The van der Waals surface area contributed by atoms with Crippen LogP contribution in [0.2, 0.25) is 0 Å². The van der Waals surface area contributed by atoms with Crippen LogP contribution < -0.4 is 10.6 Å². The van der Waals surface area contributed by atoms with E-state index in [0.29, 0.717) is 0 Å². The Balaban J connectivity index is 0.000000153. The predicted molar refractivity (Wildman–Crippen MR) is 69.8 cm³/mol. The molecule has 4 heteroatoms. The number of benzene rings is 1. The number of H-pyrrole nitrogens is 1. The van der Waals surface area contributed by atoms with E-state index >= 15 is 0 Å². The summed E-state index contributed by atoms with van der Waals surface area (Å²) in [6.45, 7) is 4.56. The Labute approximate surface area is 101 Å². The van der Waals surface area contributed by atoms with Gasteiger partial charge in [0, 0.05) is 32.4 Å². The molecule has 1 saturated heterocycles. The molecule has 3 N–H and O–H groups in total. The van der Waals surface area contributed by atoms with Crippen molar-refractivity contribution in [1.82, 2.24) is 20.8 Å². The van der Waals surface area contributed by atoms with Crippen LogP contribution in [0.1, 0.15) is 0 Å². The summed E-state index contributed by atoms with van der Waals surface area (Å²) in [5.41, 5.74) is 2.23.